The molecule has 0 radical (unpaired) electrons. The number of nitrogens with one attached hydrogen (secondary N) is 1. The second kappa shape index (κ2) is 6.60. The third-order valence-electron chi connectivity index (χ3n) is 2.89. The summed E-state index contributed by atoms with van der Waals surface area (Å²) in [4.78, 5) is 0.103. The van der Waals surface area contributed by atoms with E-state index in [0.29, 0.717) is 13.2 Å². The van der Waals surface area contributed by atoms with Crippen LogP contribution in [0.1, 0.15) is 12.5 Å². The van der Waals surface area contributed by atoms with Crippen molar-refractivity contribution in [1.82, 2.24) is 0 Å². The average molecular weight is 306 g/mol. The van der Waals surface area contributed by atoms with Gasteiger partial charge >= 0.3 is 0 Å². The highest BCUT2D eigenvalue weighted by molar-refractivity contribution is 7.89. The Morgan fingerprint density at radius 3 is 2.48 bits per heavy atom. The molecule has 0 aromatic heterocycles. The van der Waals surface area contributed by atoms with Crippen LogP contribution >= 0.6 is 0 Å². The fourth-order valence-electron chi connectivity index (χ4n) is 1.88. The average Bonchev–Trinajstić information content (AvgIpc) is 2.45. The van der Waals surface area contributed by atoms with Crippen molar-refractivity contribution in [2.75, 3.05) is 11.9 Å². The maximum absolute atomic E-state index is 11.2. The molecule has 0 bridgehead atoms. The summed E-state index contributed by atoms with van der Waals surface area (Å²) in [5, 5.41) is 8.27. The molecule has 0 aliphatic carbocycles. The van der Waals surface area contributed by atoms with Gasteiger partial charge < -0.3 is 10.1 Å². The molecule has 2 aromatic rings. The van der Waals surface area contributed by atoms with Crippen molar-refractivity contribution < 1.29 is 13.2 Å². The molecule has 0 saturated carbocycles. The number of primary sulfonamides is 1. The first-order valence-electron chi connectivity index (χ1n) is 6.57. The van der Waals surface area contributed by atoms with E-state index in [-0.39, 0.29) is 4.90 Å². The molecule has 5 nitrogen and oxygen atoms in total. The summed E-state index contributed by atoms with van der Waals surface area (Å²) in [7, 11) is -3.64. The lowest BCUT2D eigenvalue weighted by Gasteiger charge is -2.09. The number of rotatable bonds is 6. The molecule has 0 spiro atoms. The van der Waals surface area contributed by atoms with E-state index in [0.717, 1.165) is 17.0 Å². The minimum absolute atomic E-state index is 0.103. The number of nitrogens with two attached hydrogens (primary N) is 1. The normalized spacial score (nSPS) is 11.1. The van der Waals surface area contributed by atoms with E-state index in [2.05, 4.69) is 5.32 Å². The Bertz CT molecular complexity index is 697. The molecule has 3 N–H and O–H groups in total. The molecular weight excluding hydrogens is 288 g/mol. The van der Waals surface area contributed by atoms with Gasteiger partial charge in [0, 0.05) is 12.2 Å². The summed E-state index contributed by atoms with van der Waals surface area (Å²) in [6.07, 6.45) is 0. The van der Waals surface area contributed by atoms with Crippen molar-refractivity contribution >= 4 is 15.7 Å². The monoisotopic (exact) mass is 306 g/mol. The molecule has 2 aromatic carbocycles. The van der Waals surface area contributed by atoms with Crippen LogP contribution in [0.5, 0.6) is 5.75 Å². The Morgan fingerprint density at radius 2 is 1.86 bits per heavy atom. The molecule has 0 aliphatic heterocycles. The Morgan fingerprint density at radius 1 is 1.14 bits per heavy atom. The minimum atomic E-state index is -3.64. The summed E-state index contributed by atoms with van der Waals surface area (Å²) >= 11 is 0. The zero-order valence-electron chi connectivity index (χ0n) is 11.7. The highest BCUT2D eigenvalue weighted by Crippen LogP contribution is 2.16. The zero-order valence-corrected chi connectivity index (χ0v) is 12.6. The first-order chi connectivity index (χ1) is 9.99. The molecule has 6 heteroatoms. The largest absolute Gasteiger partial charge is 0.494 e. The molecule has 0 aliphatic rings. The smallest absolute Gasteiger partial charge is 0.238 e. The van der Waals surface area contributed by atoms with Crippen LogP contribution in [0, 0.1) is 0 Å². The van der Waals surface area contributed by atoms with Crippen LogP contribution in [0.15, 0.2) is 53.4 Å². The second-order valence-corrected chi connectivity index (χ2v) is 6.06. The minimum Gasteiger partial charge on any atom is -0.494 e. The van der Waals surface area contributed by atoms with Crippen LogP contribution < -0.4 is 15.2 Å². The van der Waals surface area contributed by atoms with Crippen LogP contribution in [0.4, 0.5) is 5.69 Å². The molecule has 112 valence electrons. The van der Waals surface area contributed by atoms with Gasteiger partial charge in [0.1, 0.15) is 5.75 Å². The van der Waals surface area contributed by atoms with Crippen LogP contribution in [-0.4, -0.2) is 15.0 Å². The SMILES string of the molecule is CCOc1cccc(CNc2ccc(S(N)(=O)=O)cc2)c1. The van der Waals surface area contributed by atoms with Gasteiger partial charge in [-0.3, -0.25) is 0 Å². The van der Waals surface area contributed by atoms with Crippen molar-refractivity contribution in [2.45, 2.75) is 18.4 Å². The van der Waals surface area contributed by atoms with E-state index >= 15 is 0 Å². The number of hydrogen-bond donors (Lipinski definition) is 2. The maximum Gasteiger partial charge on any atom is 0.238 e. The van der Waals surface area contributed by atoms with Crippen molar-refractivity contribution in [2.24, 2.45) is 5.14 Å². The summed E-state index contributed by atoms with van der Waals surface area (Å²) in [6, 6.07) is 14.1. The summed E-state index contributed by atoms with van der Waals surface area (Å²) in [5.41, 5.74) is 1.90. The topological polar surface area (TPSA) is 81.4 Å². The Hall–Kier alpha value is -2.05. The van der Waals surface area contributed by atoms with Crippen LogP contribution in [0.3, 0.4) is 0 Å². The predicted octanol–water partition coefficient (Wildman–Crippen LogP) is 2.34. The number of anilines is 1. The Balaban J connectivity index is 2.01. The predicted molar refractivity (Wildman–Crippen MR) is 82.8 cm³/mol. The van der Waals surface area contributed by atoms with Gasteiger partial charge in [-0.25, -0.2) is 13.6 Å². The van der Waals surface area contributed by atoms with Crippen molar-refractivity contribution in [3.8, 4) is 5.75 Å². The van der Waals surface area contributed by atoms with E-state index in [1.807, 2.05) is 31.2 Å². The number of ether oxygens (including phenoxy) is 1. The fraction of sp³-hybridized carbons (Fsp3) is 0.200. The molecule has 0 atom stereocenters. The third-order valence-corrected chi connectivity index (χ3v) is 3.82. The number of sulfonamides is 1. The number of benzene rings is 2. The molecule has 0 amide bonds. The Kier molecular flexibility index (Phi) is 4.82. The first-order valence-corrected chi connectivity index (χ1v) is 8.12. The quantitative estimate of drug-likeness (QED) is 0.858. The van der Waals surface area contributed by atoms with Crippen molar-refractivity contribution in [3.63, 3.8) is 0 Å². The van der Waals surface area contributed by atoms with E-state index in [4.69, 9.17) is 9.88 Å². The van der Waals surface area contributed by atoms with Gasteiger partial charge in [0.05, 0.1) is 11.5 Å². The van der Waals surface area contributed by atoms with Gasteiger partial charge in [-0.15, -0.1) is 0 Å². The molecular formula is C15H18N2O3S. The van der Waals surface area contributed by atoms with Gasteiger partial charge in [-0.2, -0.15) is 0 Å². The van der Waals surface area contributed by atoms with Gasteiger partial charge in [0.2, 0.25) is 10.0 Å². The second-order valence-electron chi connectivity index (χ2n) is 4.50. The number of hydrogen-bond acceptors (Lipinski definition) is 4. The van der Waals surface area contributed by atoms with Crippen LogP contribution in [0.2, 0.25) is 0 Å². The van der Waals surface area contributed by atoms with Crippen molar-refractivity contribution in [1.29, 1.82) is 0 Å². The fourth-order valence-corrected chi connectivity index (χ4v) is 2.39. The first kappa shape index (κ1) is 15.3. The van der Waals surface area contributed by atoms with Crippen molar-refractivity contribution in [3.05, 3.63) is 54.1 Å². The van der Waals surface area contributed by atoms with E-state index in [1.165, 1.54) is 12.1 Å². The lowest BCUT2D eigenvalue weighted by Crippen LogP contribution is -2.12. The molecule has 0 saturated heterocycles. The third kappa shape index (κ3) is 4.47. The highest BCUT2D eigenvalue weighted by Gasteiger charge is 2.06. The standard InChI is InChI=1S/C15H18N2O3S/c1-2-20-14-5-3-4-12(10-14)11-17-13-6-8-15(9-7-13)21(16,18)19/h3-10,17H,2,11H2,1H3,(H2,16,18,19). The van der Waals surface area contributed by atoms with Crippen LogP contribution in [-0.2, 0) is 16.6 Å². The summed E-state index contributed by atoms with van der Waals surface area (Å²) in [5.74, 6) is 0.835. The van der Waals surface area contributed by atoms with Gasteiger partial charge in [-0.05, 0) is 48.9 Å². The maximum atomic E-state index is 11.2. The molecule has 2 rings (SSSR count). The Labute approximate surface area is 124 Å². The molecule has 0 heterocycles. The molecule has 0 fully saturated rings. The van der Waals surface area contributed by atoms with E-state index < -0.39 is 10.0 Å². The highest BCUT2D eigenvalue weighted by atomic mass is 32.2. The van der Waals surface area contributed by atoms with Gasteiger partial charge in [0.15, 0.2) is 0 Å². The lowest BCUT2D eigenvalue weighted by molar-refractivity contribution is 0.340. The molecule has 0 unspecified atom stereocenters. The molecule has 21 heavy (non-hydrogen) atoms. The van der Waals surface area contributed by atoms with Gasteiger partial charge in [0.25, 0.3) is 0 Å². The zero-order chi connectivity index (χ0) is 15.3. The lowest BCUT2D eigenvalue weighted by atomic mass is 10.2. The summed E-state index contributed by atoms with van der Waals surface area (Å²) < 4.78 is 27.8. The van der Waals surface area contributed by atoms with E-state index in [1.54, 1.807) is 12.1 Å². The summed E-state index contributed by atoms with van der Waals surface area (Å²) in [6.45, 7) is 3.19. The van der Waals surface area contributed by atoms with Gasteiger partial charge in [-0.1, -0.05) is 12.1 Å². The van der Waals surface area contributed by atoms with Crippen LogP contribution in [0.25, 0.3) is 0 Å². The van der Waals surface area contributed by atoms with E-state index in [9.17, 15) is 8.42 Å².